The first-order valence-corrected chi connectivity index (χ1v) is 8.03. The monoisotopic (exact) mass is 255 g/mol. The van der Waals surface area contributed by atoms with Crippen LogP contribution in [0.1, 0.15) is 84.0 Å². The van der Waals surface area contributed by atoms with Gasteiger partial charge >= 0.3 is 0 Å². The highest BCUT2D eigenvalue weighted by Crippen LogP contribution is 2.39. The smallest absolute Gasteiger partial charge is 0.0693 e. The molecule has 2 nitrogen and oxygen atoms in total. The van der Waals surface area contributed by atoms with Crippen LogP contribution in [0, 0.1) is 0 Å². The van der Waals surface area contributed by atoms with Crippen molar-refractivity contribution in [2.45, 2.75) is 95.6 Å². The first kappa shape index (κ1) is 16.0. The third-order valence-corrected chi connectivity index (χ3v) is 4.51. The van der Waals surface area contributed by atoms with Gasteiger partial charge in [-0.1, -0.05) is 51.9 Å². The van der Waals surface area contributed by atoms with Crippen LogP contribution in [0.5, 0.6) is 0 Å². The molecule has 2 heteroatoms. The van der Waals surface area contributed by atoms with E-state index in [1.54, 1.807) is 0 Å². The van der Waals surface area contributed by atoms with E-state index in [2.05, 4.69) is 6.92 Å². The fraction of sp³-hybridized carbons (Fsp3) is 1.00. The van der Waals surface area contributed by atoms with E-state index in [1.165, 1.54) is 70.6 Å². The van der Waals surface area contributed by atoms with E-state index in [9.17, 15) is 0 Å². The second kappa shape index (κ2) is 8.92. The molecule has 0 amide bonds. The number of rotatable bonds is 11. The Balaban J connectivity index is 1.95. The van der Waals surface area contributed by atoms with Crippen molar-refractivity contribution in [2.24, 2.45) is 5.73 Å². The van der Waals surface area contributed by atoms with Crippen molar-refractivity contribution >= 4 is 0 Å². The molecule has 0 aliphatic heterocycles. The fourth-order valence-electron chi connectivity index (χ4n) is 3.01. The molecule has 1 rings (SSSR count). The highest BCUT2D eigenvalue weighted by Gasteiger charge is 2.37. The molecule has 0 aromatic rings. The summed E-state index contributed by atoms with van der Waals surface area (Å²) in [7, 11) is 1.85. The van der Waals surface area contributed by atoms with Crippen LogP contribution in [-0.2, 0) is 4.74 Å². The molecule has 108 valence electrons. The third-order valence-electron chi connectivity index (χ3n) is 4.51. The minimum absolute atomic E-state index is 0.153. The van der Waals surface area contributed by atoms with E-state index in [0.717, 1.165) is 6.42 Å². The third kappa shape index (κ3) is 5.71. The van der Waals surface area contributed by atoms with Gasteiger partial charge in [0, 0.05) is 13.2 Å². The number of hydrogen-bond acceptors (Lipinski definition) is 2. The Morgan fingerprint density at radius 1 is 1.06 bits per heavy atom. The molecule has 0 spiro atoms. The summed E-state index contributed by atoms with van der Waals surface area (Å²) in [6.45, 7) is 2.27. The number of unbranched alkanes of at least 4 members (excludes halogenated alkanes) is 6. The van der Waals surface area contributed by atoms with Crippen molar-refractivity contribution < 1.29 is 4.74 Å². The van der Waals surface area contributed by atoms with Crippen LogP contribution in [-0.4, -0.2) is 18.8 Å². The maximum atomic E-state index is 6.23. The molecule has 1 fully saturated rings. The van der Waals surface area contributed by atoms with Gasteiger partial charge in [-0.25, -0.2) is 0 Å². The normalized spacial score (nSPS) is 19.5. The topological polar surface area (TPSA) is 35.2 Å². The Hall–Kier alpha value is -0.0800. The zero-order chi connectivity index (χ0) is 13.3. The van der Waals surface area contributed by atoms with Crippen molar-refractivity contribution in [2.75, 3.05) is 7.11 Å². The molecule has 1 aliphatic carbocycles. The number of nitrogens with two attached hydrogens (primary N) is 1. The quantitative estimate of drug-likeness (QED) is 0.555. The predicted octanol–water partition coefficient (Wildman–Crippen LogP) is 4.41. The van der Waals surface area contributed by atoms with Gasteiger partial charge in [0.25, 0.3) is 0 Å². The van der Waals surface area contributed by atoms with E-state index in [4.69, 9.17) is 10.5 Å². The molecule has 2 N–H and O–H groups in total. The summed E-state index contributed by atoms with van der Waals surface area (Å²) in [6.07, 6.45) is 15.6. The SMILES string of the molecule is CCCCCCCCCC(N)CC1(OC)CCC1. The molecule has 1 atom stereocenters. The Kier molecular flexibility index (Phi) is 7.92. The van der Waals surface area contributed by atoms with Gasteiger partial charge in [-0.05, 0) is 32.1 Å². The maximum Gasteiger partial charge on any atom is 0.0693 e. The van der Waals surface area contributed by atoms with Crippen molar-refractivity contribution in [1.29, 1.82) is 0 Å². The second-order valence-corrected chi connectivity index (χ2v) is 6.11. The molecule has 0 aromatic heterocycles. The molecule has 0 saturated heterocycles. The average molecular weight is 255 g/mol. The molecule has 0 radical (unpaired) electrons. The van der Waals surface area contributed by atoms with Gasteiger partial charge < -0.3 is 10.5 Å². The van der Waals surface area contributed by atoms with Crippen molar-refractivity contribution in [3.8, 4) is 0 Å². The van der Waals surface area contributed by atoms with E-state index in [-0.39, 0.29) is 5.60 Å². The van der Waals surface area contributed by atoms with Crippen LogP contribution >= 0.6 is 0 Å². The average Bonchev–Trinajstić information content (AvgIpc) is 2.33. The lowest BCUT2D eigenvalue weighted by molar-refractivity contribution is -0.0818. The molecule has 1 unspecified atom stereocenters. The summed E-state index contributed by atoms with van der Waals surface area (Å²) >= 11 is 0. The van der Waals surface area contributed by atoms with Gasteiger partial charge in [0.15, 0.2) is 0 Å². The van der Waals surface area contributed by atoms with E-state index < -0.39 is 0 Å². The maximum absolute atomic E-state index is 6.23. The molecule has 0 aromatic carbocycles. The Labute approximate surface area is 114 Å². The molecule has 1 aliphatic rings. The minimum Gasteiger partial charge on any atom is -0.378 e. The first-order valence-electron chi connectivity index (χ1n) is 8.03. The van der Waals surface area contributed by atoms with Crippen LogP contribution in [0.4, 0.5) is 0 Å². The number of methoxy groups -OCH3 is 1. The summed E-state index contributed by atoms with van der Waals surface area (Å²) in [5.74, 6) is 0. The second-order valence-electron chi connectivity index (χ2n) is 6.11. The van der Waals surface area contributed by atoms with E-state index in [1.807, 2.05) is 7.11 Å². The summed E-state index contributed by atoms with van der Waals surface area (Å²) in [4.78, 5) is 0. The minimum atomic E-state index is 0.153. The summed E-state index contributed by atoms with van der Waals surface area (Å²) in [5, 5.41) is 0. The molecular weight excluding hydrogens is 222 g/mol. The summed E-state index contributed by atoms with van der Waals surface area (Å²) in [5.41, 5.74) is 6.38. The van der Waals surface area contributed by atoms with Gasteiger partial charge in [-0.3, -0.25) is 0 Å². The van der Waals surface area contributed by atoms with E-state index >= 15 is 0 Å². The lowest BCUT2D eigenvalue weighted by Crippen LogP contribution is -2.44. The highest BCUT2D eigenvalue weighted by atomic mass is 16.5. The van der Waals surface area contributed by atoms with Crippen LogP contribution in [0.3, 0.4) is 0 Å². The molecule has 18 heavy (non-hydrogen) atoms. The van der Waals surface area contributed by atoms with Gasteiger partial charge in [0.05, 0.1) is 5.60 Å². The van der Waals surface area contributed by atoms with Crippen LogP contribution in [0.2, 0.25) is 0 Å². The summed E-state index contributed by atoms with van der Waals surface area (Å²) in [6, 6.07) is 0.348. The van der Waals surface area contributed by atoms with Gasteiger partial charge in [0.1, 0.15) is 0 Å². The number of hydrogen-bond donors (Lipinski definition) is 1. The van der Waals surface area contributed by atoms with Gasteiger partial charge in [0.2, 0.25) is 0 Å². The largest absolute Gasteiger partial charge is 0.378 e. The zero-order valence-electron chi connectivity index (χ0n) is 12.5. The molecular formula is C16H33NO. The van der Waals surface area contributed by atoms with Crippen molar-refractivity contribution in [3.05, 3.63) is 0 Å². The zero-order valence-corrected chi connectivity index (χ0v) is 12.5. The first-order chi connectivity index (χ1) is 8.72. The van der Waals surface area contributed by atoms with Gasteiger partial charge in [-0.2, -0.15) is 0 Å². The van der Waals surface area contributed by atoms with E-state index in [0.29, 0.717) is 6.04 Å². The van der Waals surface area contributed by atoms with Crippen LogP contribution in [0.15, 0.2) is 0 Å². The van der Waals surface area contributed by atoms with Gasteiger partial charge in [-0.15, -0.1) is 0 Å². The lowest BCUT2D eigenvalue weighted by atomic mass is 9.75. The molecule has 1 saturated carbocycles. The summed E-state index contributed by atoms with van der Waals surface area (Å²) < 4.78 is 5.64. The molecule has 0 heterocycles. The Morgan fingerprint density at radius 3 is 2.17 bits per heavy atom. The predicted molar refractivity (Wildman–Crippen MR) is 78.8 cm³/mol. The Morgan fingerprint density at radius 2 is 1.67 bits per heavy atom. The van der Waals surface area contributed by atoms with Crippen LogP contribution < -0.4 is 5.73 Å². The number of ether oxygens (including phenoxy) is 1. The fourth-order valence-corrected chi connectivity index (χ4v) is 3.01. The van der Waals surface area contributed by atoms with Crippen LogP contribution in [0.25, 0.3) is 0 Å². The lowest BCUT2D eigenvalue weighted by Gasteiger charge is -2.42. The molecule has 0 bridgehead atoms. The Bertz CT molecular complexity index is 196. The van der Waals surface area contributed by atoms with Crippen molar-refractivity contribution in [1.82, 2.24) is 0 Å². The standard InChI is InChI=1S/C16H33NO/c1-3-4-5-6-7-8-9-11-15(17)14-16(18-2)12-10-13-16/h15H,3-14,17H2,1-2H3. The highest BCUT2D eigenvalue weighted by molar-refractivity contribution is 4.92. The van der Waals surface area contributed by atoms with Crippen molar-refractivity contribution in [3.63, 3.8) is 0 Å².